The van der Waals surface area contributed by atoms with E-state index in [-0.39, 0.29) is 6.10 Å². The summed E-state index contributed by atoms with van der Waals surface area (Å²) in [4.78, 5) is 16.8. The Bertz CT molecular complexity index is 827. The van der Waals surface area contributed by atoms with E-state index in [4.69, 9.17) is 9.94 Å². The van der Waals surface area contributed by atoms with Gasteiger partial charge in [0.1, 0.15) is 0 Å². The second-order valence-corrected chi connectivity index (χ2v) is 9.48. The zero-order valence-electron chi connectivity index (χ0n) is 18.8. The average molecular weight is 434 g/mol. The van der Waals surface area contributed by atoms with E-state index < -0.39 is 5.97 Å². The molecule has 170 valence electrons. The molecule has 0 aliphatic heterocycles. The van der Waals surface area contributed by atoms with Crippen LogP contribution >= 0.6 is 0 Å². The Morgan fingerprint density at radius 2 is 1.56 bits per heavy atom. The van der Waals surface area contributed by atoms with Gasteiger partial charge in [0.2, 0.25) is 0 Å². The Kier molecular flexibility index (Phi) is 7.97. The molecule has 0 heterocycles. The predicted octanol–water partition coefficient (Wildman–Crippen LogP) is 6.87. The van der Waals surface area contributed by atoms with Crippen molar-refractivity contribution in [2.45, 2.75) is 63.9 Å². The number of unbranched alkanes of at least 4 members (excludes halogenated alkanes) is 3. The fourth-order valence-corrected chi connectivity index (χ4v) is 5.86. The molecule has 32 heavy (non-hydrogen) atoms. The molecule has 2 saturated carbocycles. The summed E-state index contributed by atoms with van der Waals surface area (Å²) in [5.41, 5.74) is 2.23. The predicted molar refractivity (Wildman–Crippen MR) is 127 cm³/mol. The van der Waals surface area contributed by atoms with Crippen molar-refractivity contribution in [1.82, 2.24) is 0 Å². The third-order valence-corrected chi connectivity index (χ3v) is 7.44. The molecule has 4 heteroatoms. The van der Waals surface area contributed by atoms with Gasteiger partial charge in [0.05, 0.1) is 0 Å². The van der Waals surface area contributed by atoms with E-state index in [2.05, 4.69) is 35.6 Å². The van der Waals surface area contributed by atoms with Crippen LogP contribution in [-0.2, 0) is 9.63 Å². The Morgan fingerprint density at radius 3 is 2.22 bits per heavy atom. The fraction of sp³-hybridized carbons (Fsp3) is 0.500. The highest BCUT2D eigenvalue weighted by Gasteiger charge is 2.46. The maximum absolute atomic E-state index is 10.7. The molecule has 2 fully saturated rings. The molecule has 0 radical (unpaired) electrons. The van der Waals surface area contributed by atoms with Gasteiger partial charge in [0.25, 0.3) is 0 Å². The van der Waals surface area contributed by atoms with Gasteiger partial charge in [0, 0.05) is 18.6 Å². The van der Waals surface area contributed by atoms with Crippen molar-refractivity contribution in [3.05, 3.63) is 71.8 Å². The molecule has 0 spiro atoms. The topological polar surface area (TPSA) is 58.9 Å². The highest BCUT2D eigenvalue weighted by molar-refractivity contribution is 5.66. The molecule has 0 amide bonds. The summed E-state index contributed by atoms with van der Waals surface area (Å²) in [6.07, 6.45) is 11.6. The van der Waals surface area contributed by atoms with Crippen LogP contribution in [0.3, 0.4) is 0 Å². The molecular formula is C28H35NO3. The Labute approximate surface area is 191 Å². The van der Waals surface area contributed by atoms with Crippen LogP contribution in [0.5, 0.6) is 0 Å². The number of aliphatic carboxylic acids is 1. The van der Waals surface area contributed by atoms with Crippen LogP contribution in [0.15, 0.2) is 65.8 Å². The van der Waals surface area contributed by atoms with Gasteiger partial charge in [0.15, 0.2) is 6.10 Å². The number of hydrogen-bond acceptors (Lipinski definition) is 3. The Balaban J connectivity index is 1.35. The normalized spacial score (nSPS) is 24.4. The van der Waals surface area contributed by atoms with Crippen LogP contribution in [-0.4, -0.2) is 17.3 Å². The summed E-state index contributed by atoms with van der Waals surface area (Å²) in [7, 11) is 0. The minimum absolute atomic E-state index is 0.195. The van der Waals surface area contributed by atoms with Crippen LogP contribution in [0.2, 0.25) is 0 Å². The van der Waals surface area contributed by atoms with Crippen LogP contribution < -0.4 is 0 Å². The first-order chi connectivity index (χ1) is 15.7. The number of fused-ring (bicyclic) bond motifs is 2. The molecule has 2 aromatic rings. The van der Waals surface area contributed by atoms with Crippen molar-refractivity contribution in [3.63, 3.8) is 0 Å². The zero-order chi connectivity index (χ0) is 22.2. The van der Waals surface area contributed by atoms with Crippen LogP contribution in [0.1, 0.15) is 75.0 Å². The lowest BCUT2D eigenvalue weighted by molar-refractivity contribution is -0.137. The van der Waals surface area contributed by atoms with Gasteiger partial charge in [-0.05, 0) is 61.0 Å². The van der Waals surface area contributed by atoms with Gasteiger partial charge in [-0.3, -0.25) is 4.79 Å². The number of benzene rings is 2. The van der Waals surface area contributed by atoms with Gasteiger partial charge in [-0.2, -0.15) is 0 Å². The molecule has 2 aliphatic rings. The minimum atomic E-state index is -0.682. The van der Waals surface area contributed by atoms with Gasteiger partial charge in [-0.1, -0.05) is 85.1 Å². The molecule has 4 unspecified atom stereocenters. The molecule has 4 atom stereocenters. The molecule has 0 saturated heterocycles. The molecule has 2 aromatic carbocycles. The number of rotatable bonds is 12. The third-order valence-electron chi connectivity index (χ3n) is 7.44. The molecule has 2 bridgehead atoms. The number of carboxylic acids is 1. The number of oxime groups is 1. The molecule has 4 rings (SSSR count). The largest absolute Gasteiger partial charge is 0.481 e. The number of nitrogens with zero attached hydrogens (tertiary/aromatic N) is 1. The van der Waals surface area contributed by atoms with Gasteiger partial charge >= 0.3 is 5.97 Å². The van der Waals surface area contributed by atoms with Crippen molar-refractivity contribution < 1.29 is 14.7 Å². The first-order valence-corrected chi connectivity index (χ1v) is 12.2. The highest BCUT2D eigenvalue weighted by atomic mass is 16.6. The highest BCUT2D eigenvalue weighted by Crippen LogP contribution is 2.53. The van der Waals surface area contributed by atoms with Crippen LogP contribution in [0, 0.1) is 23.7 Å². The number of carboxylic acid groups (broad SMARTS) is 1. The molecular weight excluding hydrogens is 398 g/mol. The van der Waals surface area contributed by atoms with Crippen molar-refractivity contribution in [3.8, 4) is 0 Å². The zero-order valence-corrected chi connectivity index (χ0v) is 18.8. The van der Waals surface area contributed by atoms with E-state index in [9.17, 15) is 4.79 Å². The van der Waals surface area contributed by atoms with E-state index >= 15 is 0 Å². The summed E-state index contributed by atoms with van der Waals surface area (Å²) >= 11 is 0. The molecule has 4 nitrogen and oxygen atoms in total. The summed E-state index contributed by atoms with van der Waals surface area (Å²) in [5, 5.41) is 13.4. The van der Waals surface area contributed by atoms with Crippen molar-refractivity contribution in [1.29, 1.82) is 0 Å². The quantitative estimate of drug-likeness (QED) is 0.226. The van der Waals surface area contributed by atoms with E-state index in [1.807, 2.05) is 36.4 Å². The SMILES string of the molecule is O=C(O)CCCCCCC1C2CCC(C2)C1C=NOC(c1ccccc1)c1ccccc1. The second-order valence-electron chi connectivity index (χ2n) is 9.48. The van der Waals surface area contributed by atoms with Crippen LogP contribution in [0.25, 0.3) is 0 Å². The Hall–Kier alpha value is -2.62. The molecule has 1 N–H and O–H groups in total. The minimum Gasteiger partial charge on any atom is -0.481 e. The van der Waals surface area contributed by atoms with E-state index in [1.54, 1.807) is 0 Å². The standard InChI is InChI=1S/C28H35NO3/c30-27(31)16-10-2-1-9-15-25-23-17-18-24(19-23)26(25)20-29-32-28(21-11-5-3-6-12-21)22-13-7-4-8-14-22/h3-8,11-14,20,23-26,28H,1-2,9-10,15-19H2,(H,30,31). The first kappa shape index (κ1) is 22.6. The van der Waals surface area contributed by atoms with Gasteiger partial charge in [-0.25, -0.2) is 0 Å². The first-order valence-electron chi connectivity index (χ1n) is 12.2. The van der Waals surface area contributed by atoms with Crippen LogP contribution in [0.4, 0.5) is 0 Å². The average Bonchev–Trinajstić information content (AvgIpc) is 3.42. The number of hydrogen-bond donors (Lipinski definition) is 1. The third kappa shape index (κ3) is 5.79. The maximum Gasteiger partial charge on any atom is 0.303 e. The van der Waals surface area contributed by atoms with Gasteiger partial charge in [-0.15, -0.1) is 0 Å². The maximum atomic E-state index is 10.7. The number of carbonyl (C=O) groups is 1. The van der Waals surface area contributed by atoms with E-state index in [0.717, 1.165) is 42.2 Å². The van der Waals surface area contributed by atoms with E-state index in [0.29, 0.717) is 18.3 Å². The van der Waals surface area contributed by atoms with Crippen molar-refractivity contribution >= 4 is 12.2 Å². The monoisotopic (exact) mass is 433 g/mol. The van der Waals surface area contributed by atoms with Crippen molar-refractivity contribution in [2.24, 2.45) is 28.8 Å². The summed E-state index contributed by atoms with van der Waals surface area (Å²) in [6, 6.07) is 20.6. The summed E-state index contributed by atoms with van der Waals surface area (Å²) in [6.45, 7) is 0. The van der Waals surface area contributed by atoms with Crippen molar-refractivity contribution in [2.75, 3.05) is 0 Å². The summed E-state index contributed by atoms with van der Waals surface area (Å²) in [5.74, 6) is 2.11. The fourth-order valence-electron chi connectivity index (χ4n) is 5.86. The lowest BCUT2D eigenvalue weighted by Gasteiger charge is -2.28. The smallest absolute Gasteiger partial charge is 0.303 e. The lowest BCUT2D eigenvalue weighted by atomic mass is 9.77. The molecule has 0 aromatic heterocycles. The Morgan fingerprint density at radius 1 is 0.938 bits per heavy atom. The lowest BCUT2D eigenvalue weighted by Crippen LogP contribution is -2.23. The van der Waals surface area contributed by atoms with Gasteiger partial charge < -0.3 is 9.94 Å². The summed E-state index contributed by atoms with van der Waals surface area (Å²) < 4.78 is 0. The van der Waals surface area contributed by atoms with E-state index in [1.165, 1.54) is 32.1 Å². The second kappa shape index (κ2) is 11.3. The molecule has 2 aliphatic carbocycles.